The summed E-state index contributed by atoms with van der Waals surface area (Å²) in [6.07, 6.45) is 6.74. The van der Waals surface area contributed by atoms with Gasteiger partial charge in [-0.15, -0.1) is 0 Å². The van der Waals surface area contributed by atoms with E-state index >= 15 is 0 Å². The van der Waals surface area contributed by atoms with Crippen molar-refractivity contribution in [3.63, 3.8) is 0 Å². The number of benzene rings is 1. The summed E-state index contributed by atoms with van der Waals surface area (Å²) in [4.78, 5) is 22.2. The summed E-state index contributed by atoms with van der Waals surface area (Å²) in [6, 6.07) is 7.54. The number of nitrogens with zero attached hydrogens (tertiary/aromatic N) is 4. The van der Waals surface area contributed by atoms with Crippen molar-refractivity contribution in [2.45, 2.75) is 68.8 Å². The molecule has 0 radical (unpaired) electrons. The van der Waals surface area contributed by atoms with E-state index in [0.717, 1.165) is 42.2 Å². The predicted octanol–water partition coefficient (Wildman–Crippen LogP) is 4.53. The Hall–Kier alpha value is -2.15. The summed E-state index contributed by atoms with van der Waals surface area (Å²) >= 11 is 1.51. The van der Waals surface area contributed by atoms with Crippen LogP contribution in [0.3, 0.4) is 0 Å². The zero-order valence-corrected chi connectivity index (χ0v) is 16.4. The fourth-order valence-electron chi connectivity index (χ4n) is 3.10. The van der Waals surface area contributed by atoms with Crippen LogP contribution >= 0.6 is 11.8 Å². The number of thioether (sulfide) groups is 1. The summed E-state index contributed by atoms with van der Waals surface area (Å²) < 4.78 is 7.14. The molecule has 1 aromatic carbocycles. The number of aromatic nitrogens is 4. The number of unbranched alkanes of at least 4 members (excludes halogenated alkanes) is 3. The fourth-order valence-corrected chi connectivity index (χ4v) is 3.97. The van der Waals surface area contributed by atoms with Gasteiger partial charge in [-0.25, -0.2) is 4.98 Å². The summed E-state index contributed by atoms with van der Waals surface area (Å²) in [5.74, 6) is 2.42. The average molecular weight is 385 g/mol. The Morgan fingerprint density at radius 3 is 2.85 bits per heavy atom. The SMILES string of the molecule is CCCCCCn1c(SCc2noc(C3CC3)n2)nc2ccccc2c1=O. The molecule has 0 unspecified atom stereocenters. The zero-order valence-electron chi connectivity index (χ0n) is 15.6. The Kier molecular flexibility index (Phi) is 5.57. The molecule has 0 aliphatic heterocycles. The first-order valence-electron chi connectivity index (χ1n) is 9.71. The summed E-state index contributed by atoms with van der Waals surface area (Å²) in [6.45, 7) is 2.88. The minimum atomic E-state index is 0.0337. The van der Waals surface area contributed by atoms with E-state index in [1.54, 1.807) is 0 Å². The van der Waals surface area contributed by atoms with E-state index in [4.69, 9.17) is 9.51 Å². The van der Waals surface area contributed by atoms with E-state index in [9.17, 15) is 4.79 Å². The van der Waals surface area contributed by atoms with Crippen molar-refractivity contribution in [1.82, 2.24) is 19.7 Å². The number of fused-ring (bicyclic) bond motifs is 1. The molecule has 0 spiro atoms. The number of rotatable bonds is 9. The third-order valence-corrected chi connectivity index (χ3v) is 5.78. The first kappa shape index (κ1) is 18.2. The molecule has 0 amide bonds. The number of para-hydroxylation sites is 1. The van der Waals surface area contributed by atoms with Crippen LogP contribution in [0.1, 0.15) is 63.1 Å². The molecule has 3 aromatic rings. The van der Waals surface area contributed by atoms with Gasteiger partial charge in [-0.05, 0) is 31.4 Å². The lowest BCUT2D eigenvalue weighted by Gasteiger charge is -2.12. The van der Waals surface area contributed by atoms with Crippen molar-refractivity contribution in [1.29, 1.82) is 0 Å². The Balaban J connectivity index is 1.57. The third kappa shape index (κ3) is 4.24. The monoisotopic (exact) mass is 384 g/mol. The van der Waals surface area contributed by atoms with Crippen LogP contribution in [-0.2, 0) is 12.3 Å². The van der Waals surface area contributed by atoms with Crippen molar-refractivity contribution >= 4 is 22.7 Å². The van der Waals surface area contributed by atoms with Gasteiger partial charge in [0.2, 0.25) is 5.89 Å². The van der Waals surface area contributed by atoms with E-state index in [-0.39, 0.29) is 5.56 Å². The average Bonchev–Trinajstić information content (AvgIpc) is 3.43. The van der Waals surface area contributed by atoms with E-state index in [2.05, 4.69) is 17.1 Å². The smallest absolute Gasteiger partial charge is 0.262 e. The Morgan fingerprint density at radius 1 is 1.19 bits per heavy atom. The van der Waals surface area contributed by atoms with Crippen LogP contribution in [0.4, 0.5) is 0 Å². The van der Waals surface area contributed by atoms with E-state index in [1.165, 1.54) is 24.6 Å². The minimum Gasteiger partial charge on any atom is -0.339 e. The molecular weight excluding hydrogens is 360 g/mol. The quantitative estimate of drug-likeness (QED) is 0.307. The summed E-state index contributed by atoms with van der Waals surface area (Å²) in [5, 5.41) is 5.47. The molecule has 1 saturated carbocycles. The molecule has 0 saturated heterocycles. The largest absolute Gasteiger partial charge is 0.339 e. The topological polar surface area (TPSA) is 73.8 Å². The van der Waals surface area contributed by atoms with Crippen LogP contribution in [0.5, 0.6) is 0 Å². The van der Waals surface area contributed by atoms with Gasteiger partial charge in [0.1, 0.15) is 0 Å². The molecule has 4 rings (SSSR count). The molecule has 1 fully saturated rings. The summed E-state index contributed by atoms with van der Waals surface area (Å²) in [7, 11) is 0. The standard InChI is InChI=1S/C20H24N4O2S/c1-2-3-4-7-12-24-19(25)15-8-5-6-9-16(15)21-20(24)27-13-17-22-18(26-23-17)14-10-11-14/h5-6,8-9,14H,2-4,7,10-13H2,1H3. The van der Waals surface area contributed by atoms with Crippen LogP contribution in [0, 0.1) is 0 Å². The predicted molar refractivity (Wildman–Crippen MR) is 106 cm³/mol. The van der Waals surface area contributed by atoms with Gasteiger partial charge in [0, 0.05) is 12.5 Å². The Morgan fingerprint density at radius 2 is 2.04 bits per heavy atom. The lowest BCUT2D eigenvalue weighted by molar-refractivity contribution is 0.375. The fraction of sp³-hybridized carbons (Fsp3) is 0.500. The van der Waals surface area contributed by atoms with Crippen LogP contribution in [0.15, 0.2) is 38.7 Å². The molecule has 7 heteroatoms. The lowest BCUT2D eigenvalue weighted by atomic mass is 10.2. The highest BCUT2D eigenvalue weighted by molar-refractivity contribution is 7.98. The van der Waals surface area contributed by atoms with Crippen molar-refractivity contribution in [2.75, 3.05) is 0 Å². The number of hydrogen-bond acceptors (Lipinski definition) is 6. The van der Waals surface area contributed by atoms with Crippen molar-refractivity contribution in [3.05, 3.63) is 46.3 Å². The molecule has 2 heterocycles. The van der Waals surface area contributed by atoms with Gasteiger partial charge in [-0.1, -0.05) is 55.2 Å². The Bertz CT molecular complexity index is 978. The summed E-state index contributed by atoms with van der Waals surface area (Å²) in [5.41, 5.74) is 0.771. The highest BCUT2D eigenvalue weighted by Crippen LogP contribution is 2.39. The van der Waals surface area contributed by atoms with Gasteiger partial charge in [0.25, 0.3) is 5.56 Å². The van der Waals surface area contributed by atoms with E-state index in [1.807, 2.05) is 28.8 Å². The second-order valence-electron chi connectivity index (χ2n) is 7.04. The molecule has 1 aliphatic carbocycles. The minimum absolute atomic E-state index is 0.0337. The molecular formula is C20H24N4O2S. The van der Waals surface area contributed by atoms with Crippen molar-refractivity contribution in [3.8, 4) is 0 Å². The van der Waals surface area contributed by atoms with Gasteiger partial charge >= 0.3 is 0 Å². The second-order valence-corrected chi connectivity index (χ2v) is 7.98. The Labute approximate surface area is 162 Å². The van der Waals surface area contributed by atoms with Crippen molar-refractivity contribution < 1.29 is 4.52 Å². The zero-order chi connectivity index (χ0) is 18.6. The highest BCUT2D eigenvalue weighted by atomic mass is 32.2. The molecule has 27 heavy (non-hydrogen) atoms. The second kappa shape index (κ2) is 8.25. The van der Waals surface area contributed by atoms with Gasteiger partial charge < -0.3 is 4.52 Å². The molecule has 142 valence electrons. The molecule has 2 aromatic heterocycles. The van der Waals surface area contributed by atoms with Gasteiger partial charge in [-0.3, -0.25) is 9.36 Å². The number of hydrogen-bond donors (Lipinski definition) is 0. The van der Waals surface area contributed by atoms with Crippen LogP contribution in [-0.4, -0.2) is 19.7 Å². The molecule has 0 N–H and O–H groups in total. The van der Waals surface area contributed by atoms with E-state index < -0.39 is 0 Å². The van der Waals surface area contributed by atoms with Gasteiger partial charge in [0.15, 0.2) is 11.0 Å². The highest BCUT2D eigenvalue weighted by Gasteiger charge is 2.29. The van der Waals surface area contributed by atoms with Crippen molar-refractivity contribution in [2.24, 2.45) is 0 Å². The normalized spacial score (nSPS) is 14.1. The third-order valence-electron chi connectivity index (χ3n) is 4.80. The van der Waals surface area contributed by atoms with Gasteiger partial charge in [0.05, 0.1) is 16.7 Å². The first-order chi connectivity index (χ1) is 13.3. The van der Waals surface area contributed by atoms with Crippen LogP contribution < -0.4 is 5.56 Å². The molecule has 1 aliphatic rings. The maximum Gasteiger partial charge on any atom is 0.262 e. The molecule has 0 atom stereocenters. The van der Waals surface area contributed by atoms with Gasteiger partial charge in [-0.2, -0.15) is 4.98 Å². The maximum atomic E-state index is 13.0. The first-order valence-corrected chi connectivity index (χ1v) is 10.7. The van der Waals surface area contributed by atoms with Crippen LogP contribution in [0.25, 0.3) is 10.9 Å². The van der Waals surface area contributed by atoms with Crippen LogP contribution in [0.2, 0.25) is 0 Å². The molecule has 6 nitrogen and oxygen atoms in total. The van der Waals surface area contributed by atoms with E-state index in [0.29, 0.717) is 29.4 Å². The maximum absolute atomic E-state index is 13.0. The lowest BCUT2D eigenvalue weighted by Crippen LogP contribution is -2.23. The molecule has 0 bridgehead atoms.